The number of nitrogens with one attached hydrogen (secondary N) is 1. The molecule has 0 bridgehead atoms. The first-order valence-corrected chi connectivity index (χ1v) is 3.29. The van der Waals surface area contributed by atoms with Crippen LogP contribution in [-0.2, 0) is 37.5 Å². The van der Waals surface area contributed by atoms with Crippen molar-refractivity contribution in [1.29, 1.82) is 0 Å². The Morgan fingerprint density at radius 3 is 2.42 bits per heavy atom. The third kappa shape index (κ3) is 3.34. The molecule has 1 radical (unpaired) electrons. The molecule has 67 valence electrons. The van der Waals surface area contributed by atoms with Crippen LogP contribution < -0.4 is 5.32 Å². The largest absolute Gasteiger partial charge is 0.652 e. The van der Waals surface area contributed by atoms with Crippen LogP contribution in [0.3, 0.4) is 0 Å². The number of amides is 1. The van der Waals surface area contributed by atoms with Gasteiger partial charge in [-0.3, -0.25) is 0 Å². The minimum absolute atomic E-state index is 0. The van der Waals surface area contributed by atoms with E-state index < -0.39 is 0 Å². The second-order valence-corrected chi connectivity index (χ2v) is 2.39. The van der Waals surface area contributed by atoms with Crippen molar-refractivity contribution in [2.24, 2.45) is 0 Å². The van der Waals surface area contributed by atoms with Gasteiger partial charge in [-0.25, -0.2) is 0 Å². The molecular weight excluding hydrogens is 229 g/mol. The van der Waals surface area contributed by atoms with Crippen LogP contribution >= 0.6 is 0 Å². The molecule has 0 aromatic heterocycles. The Bertz CT molecular complexity index is 189. The summed E-state index contributed by atoms with van der Waals surface area (Å²) in [5.74, 6) is -0.0810. The number of carbonyl (C=O) groups is 1. The molecule has 1 aliphatic rings. The van der Waals surface area contributed by atoms with Crippen molar-refractivity contribution in [3.63, 3.8) is 0 Å². The number of hydrogen-bond acceptors (Lipinski definition) is 2. The van der Waals surface area contributed by atoms with Crippen molar-refractivity contribution in [3.8, 4) is 0 Å². The SMILES string of the molecule is C[N-]C(=O)C1=C(C)CNC1.[CH3-].[Y]. The average molecular weight is 243 g/mol. The first kappa shape index (κ1) is 14.8. The van der Waals surface area contributed by atoms with Crippen molar-refractivity contribution in [3.05, 3.63) is 23.9 Å². The zero-order valence-corrected chi connectivity index (χ0v) is 10.7. The molecule has 0 saturated carbocycles. The Morgan fingerprint density at radius 1 is 1.50 bits per heavy atom. The van der Waals surface area contributed by atoms with Gasteiger partial charge in [0, 0.05) is 45.8 Å². The van der Waals surface area contributed by atoms with Crippen molar-refractivity contribution in [1.82, 2.24) is 5.32 Å². The minimum atomic E-state index is -0.0810. The van der Waals surface area contributed by atoms with Gasteiger partial charge in [0.2, 0.25) is 0 Å². The molecule has 0 saturated heterocycles. The Hall–Kier alpha value is 0.274. The van der Waals surface area contributed by atoms with Crippen LogP contribution in [0.25, 0.3) is 5.32 Å². The zero-order valence-electron chi connectivity index (χ0n) is 7.85. The molecule has 4 heteroatoms. The van der Waals surface area contributed by atoms with Gasteiger partial charge in [0.1, 0.15) is 0 Å². The van der Waals surface area contributed by atoms with Crippen LogP contribution in [0.4, 0.5) is 0 Å². The molecule has 3 nitrogen and oxygen atoms in total. The Labute approximate surface area is 99.2 Å². The van der Waals surface area contributed by atoms with Crippen LogP contribution in [0.15, 0.2) is 11.1 Å². The second-order valence-electron chi connectivity index (χ2n) is 2.39. The normalized spacial score (nSPS) is 14.8. The Kier molecular flexibility index (Phi) is 8.32. The van der Waals surface area contributed by atoms with E-state index in [1.807, 2.05) is 6.92 Å². The van der Waals surface area contributed by atoms with Crippen LogP contribution in [0, 0.1) is 7.43 Å². The van der Waals surface area contributed by atoms with Crippen LogP contribution in [-0.4, -0.2) is 26.0 Å². The summed E-state index contributed by atoms with van der Waals surface area (Å²) in [7, 11) is 1.53. The molecule has 1 aliphatic heterocycles. The molecule has 1 N–H and O–H groups in total. The summed E-state index contributed by atoms with van der Waals surface area (Å²) in [6.07, 6.45) is 0. The molecule has 12 heavy (non-hydrogen) atoms. The van der Waals surface area contributed by atoms with Crippen molar-refractivity contribution >= 4 is 5.91 Å². The second kappa shape index (κ2) is 6.75. The minimum Gasteiger partial charge on any atom is -0.652 e. The van der Waals surface area contributed by atoms with Crippen LogP contribution in [0.1, 0.15) is 6.92 Å². The van der Waals surface area contributed by atoms with E-state index in [1.54, 1.807) is 0 Å². The molecule has 1 rings (SSSR count). The van der Waals surface area contributed by atoms with E-state index >= 15 is 0 Å². The monoisotopic (exact) mass is 243 g/mol. The predicted octanol–water partition coefficient (Wildman–Crippen LogP) is 0.884. The van der Waals surface area contributed by atoms with E-state index in [9.17, 15) is 4.79 Å². The first-order valence-electron chi connectivity index (χ1n) is 3.29. The van der Waals surface area contributed by atoms with E-state index in [0.29, 0.717) is 6.54 Å². The third-order valence-electron chi connectivity index (χ3n) is 1.67. The van der Waals surface area contributed by atoms with Gasteiger partial charge in [-0.15, -0.1) is 7.05 Å². The smallest absolute Gasteiger partial charge is 0.0790 e. The number of hydrogen-bond donors (Lipinski definition) is 1. The standard InChI is InChI=1S/C7H12N2O.CH3.Y/c1-5-3-9-4-6(5)7(10)8-2;;/h9H,3-4H2,1-2H3,(H,8,10);1H3;/q;-1;/p-1. The van der Waals surface area contributed by atoms with Gasteiger partial charge in [0.25, 0.3) is 0 Å². The molecule has 0 aliphatic carbocycles. The molecule has 0 aromatic rings. The quantitative estimate of drug-likeness (QED) is 0.695. The fourth-order valence-corrected chi connectivity index (χ4v) is 1.03. The molecule has 0 unspecified atom stereocenters. The summed E-state index contributed by atoms with van der Waals surface area (Å²) >= 11 is 0. The summed E-state index contributed by atoms with van der Waals surface area (Å²) in [6, 6.07) is 0. The maximum Gasteiger partial charge on any atom is 0.0790 e. The van der Waals surface area contributed by atoms with E-state index in [2.05, 4.69) is 10.6 Å². The third-order valence-corrected chi connectivity index (χ3v) is 1.67. The molecule has 0 atom stereocenters. The van der Waals surface area contributed by atoms with Gasteiger partial charge in [-0.1, -0.05) is 5.57 Å². The molecule has 1 heterocycles. The number of likely N-dealkylation sites (N-methyl/N-ethyl adjacent to an activating group) is 1. The number of carbonyl (C=O) groups excluding carboxylic acids is 1. The summed E-state index contributed by atoms with van der Waals surface area (Å²) in [6.45, 7) is 3.47. The molecule has 1 amide bonds. The molecular formula is C8H14N2OY-2. The van der Waals surface area contributed by atoms with Gasteiger partial charge in [-0.2, -0.15) is 0 Å². The maximum atomic E-state index is 11.0. The van der Waals surface area contributed by atoms with Crippen molar-refractivity contribution < 1.29 is 37.5 Å². The molecule has 0 aromatic carbocycles. The van der Waals surface area contributed by atoms with Crippen molar-refractivity contribution in [2.45, 2.75) is 6.92 Å². The van der Waals surface area contributed by atoms with Gasteiger partial charge >= 0.3 is 0 Å². The van der Waals surface area contributed by atoms with E-state index in [4.69, 9.17) is 0 Å². The summed E-state index contributed by atoms with van der Waals surface area (Å²) in [5, 5.41) is 6.67. The first-order chi connectivity index (χ1) is 4.75. The topological polar surface area (TPSA) is 43.2 Å². The summed E-state index contributed by atoms with van der Waals surface area (Å²) in [5.41, 5.74) is 1.96. The maximum absolute atomic E-state index is 11.0. The van der Waals surface area contributed by atoms with Crippen molar-refractivity contribution in [2.75, 3.05) is 20.1 Å². The van der Waals surface area contributed by atoms with Crippen LogP contribution in [0.5, 0.6) is 0 Å². The molecule has 0 spiro atoms. The van der Waals surface area contributed by atoms with E-state index in [-0.39, 0.29) is 46.0 Å². The molecule has 0 fully saturated rings. The van der Waals surface area contributed by atoms with Gasteiger partial charge in [0.15, 0.2) is 0 Å². The van der Waals surface area contributed by atoms with Gasteiger partial charge < -0.3 is 22.9 Å². The van der Waals surface area contributed by atoms with Gasteiger partial charge in [-0.05, 0) is 12.5 Å². The predicted molar refractivity (Wildman–Crippen MR) is 46.3 cm³/mol. The van der Waals surface area contributed by atoms with E-state index in [1.165, 1.54) is 7.05 Å². The van der Waals surface area contributed by atoms with Gasteiger partial charge in [0.05, 0.1) is 5.91 Å². The average Bonchev–Trinajstić information content (AvgIpc) is 2.34. The zero-order chi connectivity index (χ0) is 7.56. The fraction of sp³-hybridized carbons (Fsp3) is 0.500. The number of nitrogens with zero attached hydrogens (tertiary/aromatic N) is 1. The van der Waals surface area contributed by atoms with E-state index in [0.717, 1.165) is 17.7 Å². The Morgan fingerprint density at radius 2 is 2.08 bits per heavy atom. The summed E-state index contributed by atoms with van der Waals surface area (Å²) < 4.78 is 0. The summed E-state index contributed by atoms with van der Waals surface area (Å²) in [4.78, 5) is 11.0. The van der Waals surface area contributed by atoms with Crippen LogP contribution in [0.2, 0.25) is 0 Å². The fourth-order valence-electron chi connectivity index (χ4n) is 1.03. The Balaban J connectivity index is 0. The number of rotatable bonds is 1.